The van der Waals surface area contributed by atoms with Gasteiger partial charge >= 0.3 is 0 Å². The Hall–Kier alpha value is -0.980. The molecule has 0 N–H and O–H groups in total. The average molecular weight is 180 g/mol. The highest BCUT2D eigenvalue weighted by atomic mass is 16.5. The Labute approximate surface area is 81.8 Å². The molecule has 0 heterocycles. The first kappa shape index (κ1) is 12.0. The second kappa shape index (κ2) is 6.53. The van der Waals surface area contributed by atoms with Gasteiger partial charge in [0.15, 0.2) is 0 Å². The van der Waals surface area contributed by atoms with Gasteiger partial charge in [-0.25, -0.2) is 0 Å². The van der Waals surface area contributed by atoms with Crippen LogP contribution >= 0.6 is 0 Å². The van der Waals surface area contributed by atoms with Crippen molar-refractivity contribution in [3.05, 3.63) is 36.1 Å². The van der Waals surface area contributed by atoms with Gasteiger partial charge in [0.1, 0.15) is 5.76 Å². The van der Waals surface area contributed by atoms with Crippen molar-refractivity contribution in [3.8, 4) is 0 Å². The molecule has 0 rings (SSSR count). The van der Waals surface area contributed by atoms with Crippen molar-refractivity contribution in [2.45, 2.75) is 27.7 Å². The minimum absolute atomic E-state index is 0.550. The highest BCUT2D eigenvalue weighted by Crippen LogP contribution is 2.06. The van der Waals surface area contributed by atoms with E-state index in [9.17, 15) is 0 Å². The molecular formula is C12H20O. The van der Waals surface area contributed by atoms with Crippen LogP contribution in [0, 0.1) is 5.92 Å². The zero-order chi connectivity index (χ0) is 10.3. The third kappa shape index (κ3) is 6.21. The minimum Gasteiger partial charge on any atom is -0.493 e. The van der Waals surface area contributed by atoms with Gasteiger partial charge in [0.2, 0.25) is 0 Å². The summed E-state index contributed by atoms with van der Waals surface area (Å²) in [6.07, 6.45) is 5.78. The summed E-state index contributed by atoms with van der Waals surface area (Å²) in [7, 11) is 0. The normalized spacial score (nSPS) is 13.3. The molecule has 0 aromatic rings. The lowest BCUT2D eigenvalue weighted by Gasteiger charge is -2.09. The Bertz CT molecular complexity index is 209. The van der Waals surface area contributed by atoms with Crippen LogP contribution in [0.4, 0.5) is 0 Å². The van der Waals surface area contributed by atoms with Crippen molar-refractivity contribution in [1.82, 2.24) is 0 Å². The second-order valence-corrected chi connectivity index (χ2v) is 3.49. The van der Waals surface area contributed by atoms with Crippen molar-refractivity contribution >= 4 is 0 Å². The lowest BCUT2D eigenvalue weighted by Crippen LogP contribution is -2.00. The lowest BCUT2D eigenvalue weighted by molar-refractivity contribution is 0.190. The first-order chi connectivity index (χ1) is 6.10. The van der Waals surface area contributed by atoms with E-state index in [1.54, 1.807) is 6.08 Å². The average Bonchev–Trinajstić information content (AvgIpc) is 2.11. The zero-order valence-electron chi connectivity index (χ0n) is 9.13. The van der Waals surface area contributed by atoms with E-state index in [2.05, 4.69) is 20.4 Å². The Balaban J connectivity index is 4.18. The molecule has 0 aromatic carbocycles. The van der Waals surface area contributed by atoms with Gasteiger partial charge in [-0.15, -0.1) is 0 Å². The molecule has 74 valence electrons. The van der Waals surface area contributed by atoms with E-state index in [0.717, 1.165) is 12.4 Å². The zero-order valence-corrected chi connectivity index (χ0v) is 9.13. The van der Waals surface area contributed by atoms with E-state index < -0.39 is 0 Å². The smallest absolute Gasteiger partial charge is 0.118 e. The van der Waals surface area contributed by atoms with Crippen LogP contribution in [0.3, 0.4) is 0 Å². The summed E-state index contributed by atoms with van der Waals surface area (Å²) in [4.78, 5) is 0. The SMILES string of the molecule is C=C/C(=C\C(C)=C/C)OCC(C)C. The fourth-order valence-corrected chi connectivity index (χ4v) is 0.730. The Morgan fingerprint density at radius 1 is 1.46 bits per heavy atom. The van der Waals surface area contributed by atoms with Crippen molar-refractivity contribution in [2.24, 2.45) is 5.92 Å². The fraction of sp³-hybridized carbons (Fsp3) is 0.500. The number of hydrogen-bond donors (Lipinski definition) is 0. The number of ether oxygens (including phenoxy) is 1. The second-order valence-electron chi connectivity index (χ2n) is 3.49. The van der Waals surface area contributed by atoms with Crippen LogP contribution < -0.4 is 0 Å². The molecule has 0 aliphatic carbocycles. The predicted octanol–water partition coefficient (Wildman–Crippen LogP) is 3.70. The molecule has 0 aliphatic heterocycles. The van der Waals surface area contributed by atoms with E-state index in [1.807, 2.05) is 26.0 Å². The maximum absolute atomic E-state index is 5.53. The summed E-state index contributed by atoms with van der Waals surface area (Å²) in [5.74, 6) is 1.40. The quantitative estimate of drug-likeness (QED) is 0.463. The summed E-state index contributed by atoms with van der Waals surface area (Å²) in [6.45, 7) is 12.8. The van der Waals surface area contributed by atoms with E-state index >= 15 is 0 Å². The van der Waals surface area contributed by atoms with Gasteiger partial charge in [0, 0.05) is 0 Å². The molecular weight excluding hydrogens is 160 g/mol. The van der Waals surface area contributed by atoms with Gasteiger partial charge < -0.3 is 4.74 Å². The molecule has 0 fully saturated rings. The van der Waals surface area contributed by atoms with Crippen LogP contribution in [0.15, 0.2) is 36.1 Å². The fourth-order valence-electron chi connectivity index (χ4n) is 0.730. The monoisotopic (exact) mass is 180 g/mol. The molecule has 0 radical (unpaired) electrons. The topological polar surface area (TPSA) is 9.23 Å². The molecule has 1 nitrogen and oxygen atoms in total. The number of allylic oxidation sites excluding steroid dienone is 4. The van der Waals surface area contributed by atoms with E-state index in [0.29, 0.717) is 5.92 Å². The Morgan fingerprint density at radius 3 is 2.46 bits per heavy atom. The van der Waals surface area contributed by atoms with Crippen molar-refractivity contribution in [1.29, 1.82) is 0 Å². The summed E-state index contributed by atoms with van der Waals surface area (Å²) >= 11 is 0. The van der Waals surface area contributed by atoms with Gasteiger partial charge in [-0.3, -0.25) is 0 Å². The Kier molecular flexibility index (Phi) is 6.03. The van der Waals surface area contributed by atoms with Gasteiger partial charge in [-0.1, -0.05) is 32.1 Å². The molecule has 0 amide bonds. The molecule has 0 saturated heterocycles. The summed E-state index contributed by atoms with van der Waals surface area (Å²) in [5.41, 5.74) is 1.19. The largest absolute Gasteiger partial charge is 0.493 e. The first-order valence-corrected chi connectivity index (χ1v) is 4.70. The number of hydrogen-bond acceptors (Lipinski definition) is 1. The van der Waals surface area contributed by atoms with E-state index in [-0.39, 0.29) is 0 Å². The molecule has 0 spiro atoms. The molecule has 0 aliphatic rings. The molecule has 0 bridgehead atoms. The van der Waals surface area contributed by atoms with Crippen molar-refractivity contribution in [3.63, 3.8) is 0 Å². The summed E-state index contributed by atoms with van der Waals surface area (Å²) < 4.78 is 5.53. The van der Waals surface area contributed by atoms with Gasteiger partial charge in [-0.2, -0.15) is 0 Å². The number of rotatable bonds is 5. The van der Waals surface area contributed by atoms with Gasteiger partial charge in [0.25, 0.3) is 0 Å². The van der Waals surface area contributed by atoms with Crippen molar-refractivity contribution < 1.29 is 4.74 Å². The highest BCUT2D eigenvalue weighted by Gasteiger charge is 1.96. The summed E-state index contributed by atoms with van der Waals surface area (Å²) in [5, 5.41) is 0. The Morgan fingerprint density at radius 2 is 2.08 bits per heavy atom. The van der Waals surface area contributed by atoms with Gasteiger partial charge in [-0.05, 0) is 31.9 Å². The standard InChI is InChI=1S/C12H20O/c1-6-11(5)8-12(7-2)13-9-10(3)4/h6-8,10H,2,9H2,1,3-5H3/b11-6-,12-8+. The van der Waals surface area contributed by atoms with E-state index in [1.165, 1.54) is 5.57 Å². The van der Waals surface area contributed by atoms with Gasteiger partial charge in [0.05, 0.1) is 6.61 Å². The highest BCUT2D eigenvalue weighted by molar-refractivity contribution is 5.23. The lowest BCUT2D eigenvalue weighted by atomic mass is 10.2. The van der Waals surface area contributed by atoms with Crippen LogP contribution in [0.25, 0.3) is 0 Å². The molecule has 1 heteroatoms. The third-order valence-electron chi connectivity index (χ3n) is 1.61. The molecule has 13 heavy (non-hydrogen) atoms. The van der Waals surface area contributed by atoms with Crippen LogP contribution in [-0.2, 0) is 4.74 Å². The van der Waals surface area contributed by atoms with Crippen LogP contribution in [0.2, 0.25) is 0 Å². The first-order valence-electron chi connectivity index (χ1n) is 4.70. The molecule has 0 aromatic heterocycles. The molecule has 0 atom stereocenters. The maximum Gasteiger partial charge on any atom is 0.118 e. The maximum atomic E-state index is 5.53. The van der Waals surface area contributed by atoms with Crippen LogP contribution in [0.5, 0.6) is 0 Å². The van der Waals surface area contributed by atoms with E-state index in [4.69, 9.17) is 4.74 Å². The van der Waals surface area contributed by atoms with Crippen LogP contribution in [-0.4, -0.2) is 6.61 Å². The van der Waals surface area contributed by atoms with Crippen LogP contribution in [0.1, 0.15) is 27.7 Å². The predicted molar refractivity (Wildman–Crippen MR) is 58.5 cm³/mol. The minimum atomic E-state index is 0.550. The van der Waals surface area contributed by atoms with Crippen molar-refractivity contribution in [2.75, 3.05) is 6.61 Å². The molecule has 0 saturated carbocycles. The summed E-state index contributed by atoms with van der Waals surface area (Å²) in [6, 6.07) is 0. The third-order valence-corrected chi connectivity index (χ3v) is 1.61. The molecule has 0 unspecified atom stereocenters.